The Bertz CT molecular complexity index is 2330. The van der Waals surface area contributed by atoms with E-state index in [1.165, 1.54) is 0 Å². The van der Waals surface area contributed by atoms with Gasteiger partial charge in [-0.3, -0.25) is 9.97 Å². The van der Waals surface area contributed by atoms with E-state index in [1.807, 2.05) is 91.0 Å². The molecule has 6 aromatic heterocycles. The molecular weight excluding hydrogens is 704 g/mol. The molecule has 0 bridgehead atoms. The summed E-state index contributed by atoms with van der Waals surface area (Å²) in [6.45, 7) is 3.60. The molecule has 2 N–H and O–H groups in total. The van der Waals surface area contributed by atoms with E-state index in [1.54, 1.807) is 57.5 Å². The lowest BCUT2D eigenvalue weighted by molar-refractivity contribution is 0.416. The highest BCUT2D eigenvalue weighted by Gasteiger charge is 2.13. The lowest BCUT2D eigenvalue weighted by Gasteiger charge is -2.07. The molecule has 0 fully saturated rings. The van der Waals surface area contributed by atoms with E-state index < -0.39 is 0 Å². The van der Waals surface area contributed by atoms with Crippen LogP contribution in [0, 0.1) is 0 Å². The third kappa shape index (κ3) is 8.77. The fraction of sp³-hybridized carbons (Fsp3) is 0.0500. The summed E-state index contributed by atoms with van der Waals surface area (Å²) in [6, 6.07) is 27.2. The fourth-order valence-electron chi connectivity index (χ4n) is 4.99. The van der Waals surface area contributed by atoms with Crippen LogP contribution in [0.5, 0.6) is 11.5 Å². The van der Waals surface area contributed by atoms with Crippen molar-refractivity contribution in [1.29, 1.82) is 0 Å². The molecule has 2 aromatic carbocycles. The van der Waals surface area contributed by atoms with Crippen LogP contribution in [0.4, 0.5) is 0 Å². The molecule has 0 radical (unpaired) electrons. The SMILES string of the molecule is C=Cc1ccncc1.COc1ccc(/C=C/c2ccncc2)cc1-c1nc2ncccc2[nH]1.COc1ccc(Br)cc1-c1nc2ncccc2[nH]1. The second kappa shape index (κ2) is 16.8. The Labute approximate surface area is 303 Å². The van der Waals surface area contributed by atoms with Gasteiger partial charge in [-0.15, -0.1) is 0 Å². The molecule has 51 heavy (non-hydrogen) atoms. The summed E-state index contributed by atoms with van der Waals surface area (Å²) in [7, 11) is 3.31. The average molecular weight is 738 g/mol. The monoisotopic (exact) mass is 736 g/mol. The highest BCUT2D eigenvalue weighted by atomic mass is 79.9. The molecule has 6 heterocycles. The number of rotatable bonds is 7. The number of aromatic nitrogens is 8. The number of hydrogen-bond acceptors (Lipinski definition) is 8. The normalized spacial score (nSPS) is 10.6. The molecule has 8 rings (SSSR count). The van der Waals surface area contributed by atoms with Gasteiger partial charge < -0.3 is 19.4 Å². The molecule has 0 spiro atoms. The number of H-pyrrole nitrogens is 2. The van der Waals surface area contributed by atoms with Crippen LogP contribution >= 0.6 is 15.9 Å². The van der Waals surface area contributed by atoms with E-state index >= 15 is 0 Å². The van der Waals surface area contributed by atoms with Gasteiger partial charge in [0.1, 0.15) is 23.1 Å². The number of aromatic amines is 2. The quantitative estimate of drug-likeness (QED) is 0.166. The predicted molar refractivity (Wildman–Crippen MR) is 207 cm³/mol. The number of nitrogens with one attached hydrogen (secondary N) is 2. The van der Waals surface area contributed by atoms with E-state index in [4.69, 9.17) is 9.47 Å². The number of ether oxygens (including phenoxy) is 2. The molecule has 0 aliphatic heterocycles. The van der Waals surface area contributed by atoms with Gasteiger partial charge in [0.15, 0.2) is 11.3 Å². The van der Waals surface area contributed by atoms with Crippen LogP contribution in [0.1, 0.15) is 16.7 Å². The van der Waals surface area contributed by atoms with Crippen molar-refractivity contribution < 1.29 is 9.47 Å². The van der Waals surface area contributed by atoms with Crippen molar-refractivity contribution in [3.63, 3.8) is 0 Å². The Morgan fingerprint density at radius 2 is 1.10 bits per heavy atom. The summed E-state index contributed by atoms with van der Waals surface area (Å²) < 4.78 is 11.8. The Balaban J connectivity index is 0.000000150. The predicted octanol–water partition coefficient (Wildman–Crippen LogP) is 9.32. The molecule has 0 atom stereocenters. The maximum Gasteiger partial charge on any atom is 0.178 e. The van der Waals surface area contributed by atoms with Gasteiger partial charge in [-0.25, -0.2) is 19.9 Å². The second-order valence-corrected chi connectivity index (χ2v) is 11.7. The van der Waals surface area contributed by atoms with Crippen LogP contribution in [0.25, 0.3) is 63.3 Å². The molecule has 0 aliphatic carbocycles. The number of hydrogen-bond donors (Lipinski definition) is 2. The van der Waals surface area contributed by atoms with Crippen molar-refractivity contribution >= 4 is 56.5 Å². The van der Waals surface area contributed by atoms with Crippen molar-refractivity contribution in [1.82, 2.24) is 39.9 Å². The van der Waals surface area contributed by atoms with Crippen molar-refractivity contribution in [3.8, 4) is 34.3 Å². The Hall–Kier alpha value is -6.46. The number of methoxy groups -OCH3 is 2. The summed E-state index contributed by atoms with van der Waals surface area (Å²) in [5, 5.41) is 0. The first-order valence-electron chi connectivity index (χ1n) is 15.8. The Morgan fingerprint density at radius 3 is 1.61 bits per heavy atom. The zero-order valence-electron chi connectivity index (χ0n) is 27.9. The van der Waals surface area contributed by atoms with Gasteiger partial charge in [-0.1, -0.05) is 46.8 Å². The van der Waals surface area contributed by atoms with E-state index in [9.17, 15) is 0 Å². The van der Waals surface area contributed by atoms with Crippen LogP contribution in [0.3, 0.4) is 0 Å². The summed E-state index contributed by atoms with van der Waals surface area (Å²) in [6.07, 6.45) is 16.4. The molecular formula is C40H33BrN8O2. The van der Waals surface area contributed by atoms with Crippen LogP contribution in [0.2, 0.25) is 0 Å². The third-order valence-electron chi connectivity index (χ3n) is 7.53. The highest BCUT2D eigenvalue weighted by molar-refractivity contribution is 9.10. The van der Waals surface area contributed by atoms with Gasteiger partial charge >= 0.3 is 0 Å². The van der Waals surface area contributed by atoms with Crippen molar-refractivity contribution in [2.24, 2.45) is 0 Å². The molecule has 11 heteroatoms. The Morgan fingerprint density at radius 1 is 0.588 bits per heavy atom. The molecule has 0 saturated carbocycles. The summed E-state index contributed by atoms with van der Waals surface area (Å²) in [5.74, 6) is 3.03. The Kier molecular flexibility index (Phi) is 11.3. The topological polar surface area (TPSA) is 127 Å². The van der Waals surface area contributed by atoms with Gasteiger partial charge in [-0.2, -0.15) is 0 Å². The van der Waals surface area contributed by atoms with Crippen LogP contribution in [0.15, 0.2) is 133 Å². The van der Waals surface area contributed by atoms with Crippen molar-refractivity contribution in [3.05, 3.63) is 150 Å². The number of imidazole rings is 2. The molecule has 0 unspecified atom stereocenters. The molecule has 252 valence electrons. The molecule has 0 saturated heterocycles. The van der Waals surface area contributed by atoms with Crippen LogP contribution in [-0.2, 0) is 0 Å². The zero-order chi connectivity index (χ0) is 35.4. The minimum atomic E-state index is 0.692. The summed E-state index contributed by atoms with van der Waals surface area (Å²) >= 11 is 3.45. The van der Waals surface area contributed by atoms with E-state index in [-0.39, 0.29) is 0 Å². The number of halogens is 1. The minimum Gasteiger partial charge on any atom is -0.496 e. The number of nitrogens with zero attached hydrogens (tertiary/aromatic N) is 6. The maximum absolute atomic E-state index is 5.50. The fourth-order valence-corrected chi connectivity index (χ4v) is 5.35. The van der Waals surface area contributed by atoms with Gasteiger partial charge in [0.05, 0.1) is 36.4 Å². The lowest BCUT2D eigenvalue weighted by Crippen LogP contribution is -1.90. The van der Waals surface area contributed by atoms with Crippen LogP contribution < -0.4 is 9.47 Å². The first-order valence-corrected chi connectivity index (χ1v) is 16.6. The molecule has 8 aromatic rings. The standard InChI is InChI=1S/C20H16N4O.C13H10BrN3O.C7H7N/c1-25-18-7-6-15(5-4-14-8-11-21-12-9-14)13-16(18)19-23-17-3-2-10-22-20(17)24-19;1-18-11-5-4-8(14)7-9(11)12-16-10-3-2-6-15-13(10)17-12;1-2-7-3-5-8-6-4-7/h2-13H,1H3,(H,22,23,24);2-7H,1H3,(H,15,16,17);2-6H,1H2/b5-4+;;. The largest absolute Gasteiger partial charge is 0.496 e. The first-order chi connectivity index (χ1) is 25.0. The van der Waals surface area contributed by atoms with Gasteiger partial charge in [-0.05, 0) is 95.6 Å². The number of fused-ring (bicyclic) bond motifs is 2. The van der Waals surface area contributed by atoms with Gasteiger partial charge in [0.2, 0.25) is 0 Å². The van der Waals surface area contributed by atoms with Crippen molar-refractivity contribution in [2.45, 2.75) is 0 Å². The molecule has 0 amide bonds. The smallest absolute Gasteiger partial charge is 0.178 e. The highest BCUT2D eigenvalue weighted by Crippen LogP contribution is 2.32. The van der Waals surface area contributed by atoms with Crippen LogP contribution in [-0.4, -0.2) is 54.1 Å². The van der Waals surface area contributed by atoms with E-state index in [2.05, 4.69) is 68.5 Å². The first kappa shape index (κ1) is 34.4. The van der Waals surface area contributed by atoms with Gasteiger partial charge in [0, 0.05) is 41.7 Å². The maximum atomic E-state index is 5.50. The summed E-state index contributed by atoms with van der Waals surface area (Å²) in [5.41, 5.74) is 8.28. The average Bonchev–Trinajstić information content (AvgIpc) is 3.83. The second-order valence-electron chi connectivity index (χ2n) is 10.8. The van der Waals surface area contributed by atoms with Crippen molar-refractivity contribution in [2.75, 3.05) is 14.2 Å². The minimum absolute atomic E-state index is 0.692. The molecule has 10 nitrogen and oxygen atoms in total. The zero-order valence-corrected chi connectivity index (χ0v) is 29.4. The van der Waals surface area contributed by atoms with E-state index in [0.29, 0.717) is 11.3 Å². The number of benzene rings is 2. The van der Waals surface area contributed by atoms with Gasteiger partial charge in [0.25, 0.3) is 0 Å². The number of pyridine rings is 4. The van der Waals surface area contributed by atoms with E-state index in [0.717, 1.165) is 66.5 Å². The molecule has 0 aliphatic rings. The third-order valence-corrected chi connectivity index (χ3v) is 8.02. The summed E-state index contributed by atoms with van der Waals surface area (Å²) in [4.78, 5) is 31.9. The lowest BCUT2D eigenvalue weighted by atomic mass is 10.1.